The van der Waals surface area contributed by atoms with E-state index in [1.165, 1.54) is 19.2 Å². The largest absolute Gasteiger partial charge is 0.465 e. The van der Waals surface area contributed by atoms with E-state index in [1.807, 2.05) is 44.2 Å². The number of hydrogen-bond acceptors (Lipinski definition) is 4. The first kappa shape index (κ1) is 20.1. The van der Waals surface area contributed by atoms with E-state index in [0.29, 0.717) is 17.9 Å². The number of ether oxygens (including phenoxy) is 1. The maximum absolute atomic E-state index is 12.9. The minimum absolute atomic E-state index is 0.0492. The van der Waals surface area contributed by atoms with Crippen molar-refractivity contribution in [3.8, 4) is 0 Å². The van der Waals surface area contributed by atoms with Crippen LogP contribution in [-0.4, -0.2) is 21.5 Å². The minimum Gasteiger partial charge on any atom is -0.465 e. The highest BCUT2D eigenvalue weighted by atomic mass is 32.2. The molecule has 2 aromatic carbocycles. The number of aryl methyl sites for hydroxylation is 1. The number of hydrogen-bond donors (Lipinski definition) is 1. The van der Waals surface area contributed by atoms with Crippen molar-refractivity contribution in [2.45, 2.75) is 38.1 Å². The van der Waals surface area contributed by atoms with Gasteiger partial charge in [-0.05, 0) is 42.5 Å². The lowest BCUT2D eigenvalue weighted by Gasteiger charge is -2.21. The molecule has 0 aliphatic heterocycles. The zero-order chi connectivity index (χ0) is 19.3. The Balaban J connectivity index is 2.38. The molecule has 140 valence electrons. The average molecular weight is 375 g/mol. The van der Waals surface area contributed by atoms with Crippen molar-refractivity contribution in [2.75, 3.05) is 7.11 Å². The number of carbonyl (C=O) groups excluding carboxylic acids is 1. The first-order valence-corrected chi connectivity index (χ1v) is 9.99. The summed E-state index contributed by atoms with van der Waals surface area (Å²) < 4.78 is 33.3. The Kier molecular flexibility index (Phi) is 6.56. The van der Waals surface area contributed by atoms with Crippen LogP contribution in [0.2, 0.25) is 0 Å². The van der Waals surface area contributed by atoms with E-state index >= 15 is 0 Å². The van der Waals surface area contributed by atoms with Gasteiger partial charge in [0.2, 0.25) is 10.0 Å². The van der Waals surface area contributed by atoms with Gasteiger partial charge in [0.15, 0.2) is 0 Å². The van der Waals surface area contributed by atoms with Crippen molar-refractivity contribution in [3.63, 3.8) is 0 Å². The Morgan fingerprint density at radius 3 is 2.35 bits per heavy atom. The normalized spacial score (nSPS) is 12.8. The topological polar surface area (TPSA) is 72.5 Å². The van der Waals surface area contributed by atoms with Crippen LogP contribution in [-0.2, 0) is 14.8 Å². The molecule has 26 heavy (non-hydrogen) atoms. The van der Waals surface area contributed by atoms with Gasteiger partial charge in [-0.1, -0.05) is 50.2 Å². The molecule has 0 amide bonds. The molecule has 0 aromatic heterocycles. The van der Waals surface area contributed by atoms with Crippen LogP contribution in [0, 0.1) is 12.8 Å². The predicted octanol–water partition coefficient (Wildman–Crippen LogP) is 3.85. The number of esters is 1. The van der Waals surface area contributed by atoms with Crippen LogP contribution >= 0.6 is 0 Å². The van der Waals surface area contributed by atoms with Gasteiger partial charge in [0.1, 0.15) is 0 Å². The highest BCUT2D eigenvalue weighted by Crippen LogP contribution is 2.25. The maximum Gasteiger partial charge on any atom is 0.338 e. The van der Waals surface area contributed by atoms with E-state index in [0.717, 1.165) is 5.56 Å². The molecule has 1 atom stereocenters. The van der Waals surface area contributed by atoms with Gasteiger partial charge >= 0.3 is 5.97 Å². The van der Waals surface area contributed by atoms with Crippen molar-refractivity contribution in [1.29, 1.82) is 0 Å². The zero-order valence-corrected chi connectivity index (χ0v) is 16.3. The van der Waals surface area contributed by atoms with E-state index < -0.39 is 16.0 Å². The molecule has 1 N–H and O–H groups in total. The van der Waals surface area contributed by atoms with E-state index in [-0.39, 0.29) is 16.5 Å². The Bertz CT molecular complexity index is 861. The van der Waals surface area contributed by atoms with Crippen LogP contribution in [0.3, 0.4) is 0 Å². The third-order valence-electron chi connectivity index (χ3n) is 4.13. The first-order chi connectivity index (χ1) is 12.2. The summed E-state index contributed by atoms with van der Waals surface area (Å²) in [6.45, 7) is 5.83. The van der Waals surface area contributed by atoms with E-state index in [2.05, 4.69) is 4.72 Å². The summed E-state index contributed by atoms with van der Waals surface area (Å²) in [5.41, 5.74) is 1.82. The summed E-state index contributed by atoms with van der Waals surface area (Å²) in [5, 5.41) is 0. The highest BCUT2D eigenvalue weighted by molar-refractivity contribution is 7.89. The second-order valence-corrected chi connectivity index (χ2v) is 8.40. The first-order valence-electron chi connectivity index (χ1n) is 8.51. The van der Waals surface area contributed by atoms with Crippen LogP contribution in [0.15, 0.2) is 53.4 Å². The number of rotatable bonds is 7. The van der Waals surface area contributed by atoms with Crippen LogP contribution in [0.4, 0.5) is 0 Å². The second-order valence-electron chi connectivity index (χ2n) is 6.68. The predicted molar refractivity (Wildman–Crippen MR) is 101 cm³/mol. The summed E-state index contributed by atoms with van der Waals surface area (Å²) in [7, 11) is -2.52. The summed E-state index contributed by atoms with van der Waals surface area (Å²) in [5.74, 6) is -0.243. The van der Waals surface area contributed by atoms with Gasteiger partial charge in [-0.15, -0.1) is 0 Å². The summed E-state index contributed by atoms with van der Waals surface area (Å²) in [6, 6.07) is 13.6. The number of benzene rings is 2. The van der Waals surface area contributed by atoms with Crippen molar-refractivity contribution < 1.29 is 17.9 Å². The second kappa shape index (κ2) is 8.47. The average Bonchev–Trinajstić information content (AvgIpc) is 2.61. The fourth-order valence-electron chi connectivity index (χ4n) is 2.76. The molecule has 0 heterocycles. The van der Waals surface area contributed by atoms with Gasteiger partial charge in [0, 0.05) is 6.04 Å². The minimum atomic E-state index is -3.79. The van der Waals surface area contributed by atoms with E-state index in [9.17, 15) is 13.2 Å². The zero-order valence-electron chi connectivity index (χ0n) is 15.5. The molecular weight excluding hydrogens is 350 g/mol. The molecular formula is C20H25NO4S. The van der Waals surface area contributed by atoms with Crippen LogP contribution in [0.5, 0.6) is 0 Å². The Morgan fingerprint density at radius 1 is 1.12 bits per heavy atom. The molecule has 2 aromatic rings. The van der Waals surface area contributed by atoms with E-state index in [4.69, 9.17) is 4.74 Å². The molecule has 0 spiro atoms. The molecule has 5 nitrogen and oxygen atoms in total. The lowest BCUT2D eigenvalue weighted by atomic mass is 9.98. The maximum atomic E-state index is 12.9. The fourth-order valence-corrected chi connectivity index (χ4v) is 4.03. The van der Waals surface area contributed by atoms with Gasteiger partial charge in [0.05, 0.1) is 17.6 Å². The molecule has 6 heteroatoms. The van der Waals surface area contributed by atoms with Crippen molar-refractivity contribution in [3.05, 3.63) is 65.2 Å². The van der Waals surface area contributed by atoms with Crippen LogP contribution < -0.4 is 4.72 Å². The Labute approximate surface area is 155 Å². The summed E-state index contributed by atoms with van der Waals surface area (Å²) in [4.78, 5) is 11.9. The van der Waals surface area contributed by atoms with Crippen LogP contribution in [0.25, 0.3) is 0 Å². The quantitative estimate of drug-likeness (QED) is 0.746. The number of carbonyl (C=O) groups is 1. The number of sulfonamides is 1. The number of nitrogens with one attached hydrogen (secondary N) is 1. The SMILES string of the molecule is COC(=O)c1cc(S(=O)(=O)NC(CC(C)C)c2ccccc2)ccc1C. The Hall–Kier alpha value is -2.18. The van der Waals surface area contributed by atoms with E-state index in [1.54, 1.807) is 13.0 Å². The molecule has 0 aliphatic carbocycles. The third kappa shape index (κ3) is 4.93. The molecule has 1 unspecified atom stereocenters. The summed E-state index contributed by atoms with van der Waals surface area (Å²) >= 11 is 0. The highest BCUT2D eigenvalue weighted by Gasteiger charge is 2.24. The smallest absolute Gasteiger partial charge is 0.338 e. The number of methoxy groups -OCH3 is 1. The van der Waals surface area contributed by atoms with Crippen molar-refractivity contribution >= 4 is 16.0 Å². The lowest BCUT2D eigenvalue weighted by Crippen LogP contribution is -2.30. The van der Waals surface area contributed by atoms with Crippen molar-refractivity contribution in [1.82, 2.24) is 4.72 Å². The molecule has 0 fully saturated rings. The van der Waals surface area contributed by atoms with Crippen LogP contribution in [0.1, 0.15) is 47.8 Å². The Morgan fingerprint density at radius 2 is 1.77 bits per heavy atom. The van der Waals surface area contributed by atoms with Crippen molar-refractivity contribution in [2.24, 2.45) is 5.92 Å². The lowest BCUT2D eigenvalue weighted by molar-refractivity contribution is 0.0599. The molecule has 0 aliphatic rings. The van der Waals surface area contributed by atoms with Gasteiger partial charge < -0.3 is 4.74 Å². The standard InChI is InChI=1S/C20H25NO4S/c1-14(2)12-19(16-8-6-5-7-9-16)21-26(23,24)17-11-10-15(3)18(13-17)20(22)25-4/h5-11,13-14,19,21H,12H2,1-4H3. The molecule has 2 rings (SSSR count). The molecule has 0 bridgehead atoms. The monoisotopic (exact) mass is 375 g/mol. The third-order valence-corrected chi connectivity index (χ3v) is 5.60. The van der Waals surface area contributed by atoms with Gasteiger partial charge in [-0.3, -0.25) is 0 Å². The molecule has 0 saturated heterocycles. The summed E-state index contributed by atoms with van der Waals surface area (Å²) in [6.07, 6.45) is 0.666. The molecule has 0 saturated carbocycles. The fraction of sp³-hybridized carbons (Fsp3) is 0.350. The van der Waals surface area contributed by atoms with Gasteiger partial charge in [-0.25, -0.2) is 17.9 Å². The molecule has 0 radical (unpaired) electrons. The van der Waals surface area contributed by atoms with Gasteiger partial charge in [0.25, 0.3) is 0 Å². The van der Waals surface area contributed by atoms with Gasteiger partial charge in [-0.2, -0.15) is 0 Å².